The number of nitriles is 1. The van der Waals surface area contributed by atoms with Crippen LogP contribution >= 0.6 is 0 Å². The molecule has 0 atom stereocenters. The fourth-order valence-corrected chi connectivity index (χ4v) is 4.71. The van der Waals surface area contributed by atoms with Crippen molar-refractivity contribution in [3.8, 4) is 17.6 Å². The zero-order valence-electron chi connectivity index (χ0n) is 20.1. The summed E-state index contributed by atoms with van der Waals surface area (Å²) in [6.07, 6.45) is 3.75. The standard InChI is InChI=1S/C27H24N8O/c1-17-14-23(32-24-19(17)8-7-11-22(24)36-2)35-26(18(15-28)16-29-35)33-25-27(34-12-5-6-13-34)31-21-10-4-3-9-20(21)30-25/h3-4,7-11,14,16H,5-6,12-13H2,1-2H3,(H,30,33). The molecule has 0 aliphatic carbocycles. The van der Waals surface area contributed by atoms with Gasteiger partial charge in [0, 0.05) is 18.5 Å². The van der Waals surface area contributed by atoms with Gasteiger partial charge in [-0.05, 0) is 49.6 Å². The van der Waals surface area contributed by atoms with Crippen molar-refractivity contribution in [3.63, 3.8) is 0 Å². The van der Waals surface area contributed by atoms with Gasteiger partial charge in [-0.3, -0.25) is 0 Å². The highest BCUT2D eigenvalue weighted by Crippen LogP contribution is 2.33. The SMILES string of the molecule is COc1cccc2c(C)cc(-n3ncc(C#N)c3Nc3nc4ccccc4nc3N3CCCC3)nc12. The number of nitrogens with zero attached hydrogens (tertiary/aromatic N) is 7. The van der Waals surface area contributed by atoms with Crippen molar-refractivity contribution in [3.05, 3.63) is 65.9 Å². The molecule has 0 amide bonds. The second kappa shape index (κ2) is 8.82. The molecule has 1 aliphatic heterocycles. The Morgan fingerprint density at radius 1 is 1.00 bits per heavy atom. The molecule has 2 aromatic carbocycles. The molecule has 1 fully saturated rings. The smallest absolute Gasteiger partial charge is 0.175 e. The van der Waals surface area contributed by atoms with Gasteiger partial charge in [0.05, 0.1) is 24.3 Å². The van der Waals surface area contributed by atoms with Crippen LogP contribution in [0.3, 0.4) is 0 Å². The Morgan fingerprint density at radius 2 is 1.78 bits per heavy atom. The third-order valence-corrected chi connectivity index (χ3v) is 6.52. The van der Waals surface area contributed by atoms with Gasteiger partial charge in [0.25, 0.3) is 0 Å². The van der Waals surface area contributed by atoms with Crippen LogP contribution in [0.5, 0.6) is 5.75 Å². The summed E-state index contributed by atoms with van der Waals surface area (Å²) in [7, 11) is 1.63. The molecule has 178 valence electrons. The molecule has 1 N–H and O–H groups in total. The lowest BCUT2D eigenvalue weighted by atomic mass is 10.1. The van der Waals surface area contributed by atoms with Gasteiger partial charge in [0.1, 0.15) is 22.9 Å². The van der Waals surface area contributed by atoms with Crippen LogP contribution in [0.4, 0.5) is 17.5 Å². The van der Waals surface area contributed by atoms with E-state index in [4.69, 9.17) is 19.7 Å². The first-order chi connectivity index (χ1) is 17.7. The number of para-hydroxylation sites is 3. The van der Waals surface area contributed by atoms with Gasteiger partial charge in [-0.1, -0.05) is 24.3 Å². The fraction of sp³-hybridized carbons (Fsp3) is 0.222. The van der Waals surface area contributed by atoms with Crippen LogP contribution in [-0.2, 0) is 0 Å². The average molecular weight is 477 g/mol. The maximum atomic E-state index is 9.89. The summed E-state index contributed by atoms with van der Waals surface area (Å²) in [6, 6.07) is 17.8. The third-order valence-electron chi connectivity index (χ3n) is 6.52. The van der Waals surface area contributed by atoms with Crippen LogP contribution < -0.4 is 15.0 Å². The first-order valence-electron chi connectivity index (χ1n) is 11.9. The van der Waals surface area contributed by atoms with Crippen molar-refractivity contribution in [2.24, 2.45) is 0 Å². The molecule has 0 radical (unpaired) electrons. The van der Waals surface area contributed by atoms with Crippen LogP contribution in [-0.4, -0.2) is 44.9 Å². The van der Waals surface area contributed by atoms with E-state index in [1.165, 1.54) is 6.20 Å². The topological polar surface area (TPSA) is 105 Å². The summed E-state index contributed by atoms with van der Waals surface area (Å²) in [4.78, 5) is 16.9. The van der Waals surface area contributed by atoms with E-state index in [0.717, 1.165) is 59.2 Å². The minimum absolute atomic E-state index is 0.386. The number of hydrogen-bond acceptors (Lipinski definition) is 8. The summed E-state index contributed by atoms with van der Waals surface area (Å²) in [5, 5.41) is 18.8. The van der Waals surface area contributed by atoms with Gasteiger partial charge in [0.2, 0.25) is 0 Å². The van der Waals surface area contributed by atoms with Crippen LogP contribution in [0.2, 0.25) is 0 Å². The quantitative estimate of drug-likeness (QED) is 0.382. The molecule has 4 heterocycles. The highest BCUT2D eigenvalue weighted by atomic mass is 16.5. The molecule has 3 aromatic heterocycles. The monoisotopic (exact) mass is 476 g/mol. The number of ether oxygens (including phenoxy) is 1. The van der Waals surface area contributed by atoms with Gasteiger partial charge >= 0.3 is 0 Å². The lowest BCUT2D eigenvalue weighted by Gasteiger charge is -2.21. The molecule has 0 spiro atoms. The maximum absolute atomic E-state index is 9.89. The number of benzene rings is 2. The number of anilines is 3. The Morgan fingerprint density at radius 3 is 2.53 bits per heavy atom. The average Bonchev–Trinajstić information content (AvgIpc) is 3.58. The van der Waals surface area contributed by atoms with E-state index in [-0.39, 0.29) is 0 Å². The van der Waals surface area contributed by atoms with Gasteiger partial charge in [-0.2, -0.15) is 15.0 Å². The lowest BCUT2D eigenvalue weighted by Crippen LogP contribution is -2.21. The molecular formula is C27H24N8O. The zero-order chi connectivity index (χ0) is 24.6. The number of rotatable bonds is 5. The molecule has 9 heteroatoms. The molecular weight excluding hydrogens is 452 g/mol. The van der Waals surface area contributed by atoms with Gasteiger partial charge in [-0.25, -0.2) is 15.0 Å². The summed E-state index contributed by atoms with van der Waals surface area (Å²) in [5.41, 5.74) is 3.75. The van der Waals surface area contributed by atoms with E-state index in [1.54, 1.807) is 11.8 Å². The predicted octanol–water partition coefficient (Wildman–Crippen LogP) is 4.90. The van der Waals surface area contributed by atoms with Gasteiger partial charge in [0.15, 0.2) is 23.3 Å². The van der Waals surface area contributed by atoms with E-state index < -0.39 is 0 Å². The number of methoxy groups -OCH3 is 1. The largest absolute Gasteiger partial charge is 0.494 e. The molecule has 5 aromatic rings. The van der Waals surface area contributed by atoms with Crippen molar-refractivity contribution in [2.75, 3.05) is 30.4 Å². The molecule has 1 aliphatic rings. The van der Waals surface area contributed by atoms with Crippen molar-refractivity contribution in [1.82, 2.24) is 24.7 Å². The van der Waals surface area contributed by atoms with Crippen molar-refractivity contribution < 1.29 is 4.74 Å². The predicted molar refractivity (Wildman–Crippen MR) is 139 cm³/mol. The maximum Gasteiger partial charge on any atom is 0.175 e. The Kier molecular flexibility index (Phi) is 5.34. The number of fused-ring (bicyclic) bond motifs is 2. The minimum Gasteiger partial charge on any atom is -0.494 e. The molecule has 0 saturated carbocycles. The van der Waals surface area contributed by atoms with Crippen LogP contribution in [0.15, 0.2) is 54.7 Å². The van der Waals surface area contributed by atoms with E-state index in [9.17, 15) is 5.26 Å². The summed E-state index contributed by atoms with van der Waals surface area (Å²) in [6.45, 7) is 3.85. The molecule has 9 nitrogen and oxygen atoms in total. The second-order valence-corrected chi connectivity index (χ2v) is 8.79. The van der Waals surface area contributed by atoms with Crippen molar-refractivity contribution in [1.29, 1.82) is 5.26 Å². The second-order valence-electron chi connectivity index (χ2n) is 8.79. The fourth-order valence-electron chi connectivity index (χ4n) is 4.71. The molecule has 6 rings (SSSR count). The van der Waals surface area contributed by atoms with Crippen LogP contribution in [0, 0.1) is 18.3 Å². The van der Waals surface area contributed by atoms with Gasteiger partial charge in [-0.15, -0.1) is 0 Å². The first-order valence-corrected chi connectivity index (χ1v) is 11.9. The summed E-state index contributed by atoms with van der Waals surface area (Å²) >= 11 is 0. The number of aromatic nitrogens is 5. The number of pyridine rings is 1. The van der Waals surface area contributed by atoms with Crippen LogP contribution in [0.25, 0.3) is 27.8 Å². The normalized spacial score (nSPS) is 13.3. The Balaban J connectivity index is 1.51. The number of aryl methyl sites for hydroxylation is 1. The molecule has 0 bridgehead atoms. The number of nitrogens with one attached hydrogen (secondary N) is 1. The van der Waals surface area contributed by atoms with E-state index in [0.29, 0.717) is 28.8 Å². The molecule has 1 saturated heterocycles. The van der Waals surface area contributed by atoms with Crippen molar-refractivity contribution in [2.45, 2.75) is 19.8 Å². The zero-order valence-corrected chi connectivity index (χ0v) is 20.1. The highest BCUT2D eigenvalue weighted by Gasteiger charge is 2.23. The van der Waals surface area contributed by atoms with Crippen molar-refractivity contribution >= 4 is 39.4 Å². The molecule has 0 unspecified atom stereocenters. The molecule has 36 heavy (non-hydrogen) atoms. The van der Waals surface area contributed by atoms with Gasteiger partial charge < -0.3 is 15.0 Å². The van der Waals surface area contributed by atoms with Crippen LogP contribution in [0.1, 0.15) is 24.0 Å². The Bertz CT molecular complexity index is 1650. The van der Waals surface area contributed by atoms with E-state index in [2.05, 4.69) is 21.4 Å². The van der Waals surface area contributed by atoms with E-state index in [1.807, 2.05) is 55.5 Å². The number of hydrogen-bond donors (Lipinski definition) is 1. The Labute approximate surface area is 208 Å². The Hall–Kier alpha value is -4.71. The lowest BCUT2D eigenvalue weighted by molar-refractivity contribution is 0.419. The summed E-state index contributed by atoms with van der Waals surface area (Å²) in [5.74, 6) is 3.10. The van der Waals surface area contributed by atoms with E-state index >= 15 is 0 Å². The first kappa shape index (κ1) is 21.8. The minimum atomic E-state index is 0.386. The third kappa shape index (κ3) is 3.64. The highest BCUT2D eigenvalue weighted by molar-refractivity contribution is 5.88. The summed E-state index contributed by atoms with van der Waals surface area (Å²) < 4.78 is 7.20.